The highest BCUT2D eigenvalue weighted by Crippen LogP contribution is 2.67. The number of nitrogens with one attached hydrogen (secondary N) is 1. The molecule has 34 heavy (non-hydrogen) atoms. The van der Waals surface area contributed by atoms with Crippen LogP contribution in [0.5, 0.6) is 0 Å². The Kier molecular flexibility index (Phi) is 7.73. The molecule has 0 spiro atoms. The number of carbonyl (C=O) groups excluding carboxylic acids is 1. The fraction of sp³-hybridized carbons (Fsp3) is 0.750. The quantitative estimate of drug-likeness (QED) is 0.108. The molecule has 1 amide bonds. The van der Waals surface area contributed by atoms with E-state index in [0.29, 0.717) is 7.11 Å². The van der Waals surface area contributed by atoms with E-state index in [-0.39, 0.29) is 5.96 Å². The molecule has 1 saturated heterocycles. The lowest BCUT2D eigenvalue weighted by Gasteiger charge is -2.27. The third kappa shape index (κ3) is 5.91. The van der Waals surface area contributed by atoms with Crippen molar-refractivity contribution in [3.05, 3.63) is 0 Å². The van der Waals surface area contributed by atoms with Crippen LogP contribution in [0.1, 0.15) is 0 Å². The van der Waals surface area contributed by atoms with Crippen molar-refractivity contribution in [2.24, 2.45) is 10.7 Å². The van der Waals surface area contributed by atoms with E-state index in [1.54, 1.807) is 7.05 Å². The number of phosphoric ester groups is 2. The van der Waals surface area contributed by atoms with Gasteiger partial charge in [-0.25, -0.2) is 23.6 Å². The highest BCUT2D eigenvalue weighted by molar-refractivity contribution is 7.66. The van der Waals surface area contributed by atoms with E-state index in [0.717, 1.165) is 0 Å². The Morgan fingerprint density at radius 2 is 1.79 bits per heavy atom. The summed E-state index contributed by atoms with van der Waals surface area (Å²) in [6, 6.07) is -0.824. The van der Waals surface area contributed by atoms with Crippen molar-refractivity contribution >= 4 is 41.7 Å². The lowest BCUT2D eigenvalue weighted by Crippen LogP contribution is -2.58. The summed E-state index contributed by atoms with van der Waals surface area (Å²) in [5.74, 6) is -0.649. The maximum absolute atomic E-state index is 12.2. The second-order valence-corrected chi connectivity index (χ2v) is 11.9. The summed E-state index contributed by atoms with van der Waals surface area (Å²) in [5, 5.41) is 23.1. The van der Waals surface area contributed by atoms with E-state index in [1.807, 2.05) is 0 Å². The highest BCUT2D eigenvalue weighted by atomic mass is 31.3. The molecule has 0 aromatic carbocycles. The Morgan fingerprint density at radius 1 is 1.18 bits per heavy atom. The number of rotatable bonds is 9. The van der Waals surface area contributed by atoms with Crippen LogP contribution in [0.3, 0.4) is 0 Å². The molecule has 3 aliphatic heterocycles. The Bertz CT molecular complexity index is 1040. The highest BCUT2D eigenvalue weighted by Gasteiger charge is 2.57. The number of fused-ring (bicyclic) bond motifs is 1. The zero-order chi connectivity index (χ0) is 25.6. The first-order valence-corrected chi connectivity index (χ1v) is 13.7. The minimum absolute atomic E-state index is 0.178. The largest absolute Gasteiger partial charge is 0.490 e. The molecule has 0 aliphatic carbocycles. The summed E-state index contributed by atoms with van der Waals surface area (Å²) in [5.41, 5.74) is 5.59. The third-order valence-electron chi connectivity index (χ3n) is 4.81. The van der Waals surface area contributed by atoms with E-state index in [2.05, 4.69) is 28.0 Å². The van der Waals surface area contributed by atoms with Crippen LogP contribution in [0, 0.1) is 0 Å². The van der Waals surface area contributed by atoms with E-state index in [1.165, 1.54) is 15.8 Å². The van der Waals surface area contributed by atoms with Crippen LogP contribution in [0.25, 0.3) is 0 Å². The van der Waals surface area contributed by atoms with Crippen LogP contribution in [0.2, 0.25) is 0 Å². The second kappa shape index (κ2) is 9.63. The Labute approximate surface area is 191 Å². The molecule has 9 atom stereocenters. The molecular weight excluding hydrogens is 531 g/mol. The van der Waals surface area contributed by atoms with Crippen molar-refractivity contribution in [3.8, 4) is 0 Å². The zero-order valence-corrected chi connectivity index (χ0v) is 20.1. The predicted molar refractivity (Wildman–Crippen MR) is 107 cm³/mol. The molecule has 3 rings (SSSR count). The minimum Gasteiger partial charge on any atom is -0.387 e. The number of aliphatic imine (C=N–C) groups is 1. The number of nitrogens with two attached hydrogens (primary N) is 1. The number of carbonyl (C=O) groups is 1. The van der Waals surface area contributed by atoms with Crippen LogP contribution in [-0.4, -0.2) is 110 Å². The molecule has 0 saturated carbocycles. The molecule has 8 N–H and O–H groups in total. The lowest BCUT2D eigenvalue weighted by atomic mass is 10.1. The number of likely N-dealkylation sites (N-methyl/N-ethyl adjacent to an activating group) is 1. The van der Waals surface area contributed by atoms with Gasteiger partial charge in [-0.3, -0.25) is 23.7 Å². The zero-order valence-electron chi connectivity index (χ0n) is 17.4. The Morgan fingerprint density at radius 3 is 2.41 bits per heavy atom. The number of hydrogen-bond donors (Lipinski definition) is 7. The number of phosphoric acid groups is 3. The second-order valence-electron chi connectivity index (χ2n) is 7.18. The van der Waals surface area contributed by atoms with Crippen molar-refractivity contribution in [2.75, 3.05) is 20.8 Å². The molecule has 0 aromatic rings. The van der Waals surface area contributed by atoms with Gasteiger partial charge in [-0.15, -0.1) is 0 Å². The molecule has 3 aliphatic rings. The number of ether oxygens (including phenoxy) is 1. The van der Waals surface area contributed by atoms with Gasteiger partial charge < -0.3 is 35.4 Å². The van der Waals surface area contributed by atoms with Gasteiger partial charge in [0.25, 0.3) is 5.91 Å². The summed E-state index contributed by atoms with van der Waals surface area (Å²) in [6.45, 7) is -0.951. The summed E-state index contributed by atoms with van der Waals surface area (Å²) < 4.78 is 57.9. The van der Waals surface area contributed by atoms with Crippen LogP contribution in [0.4, 0.5) is 0 Å². The number of aliphatic hydroxyl groups is 2. The SMILES string of the molecule is COP(=O)(O)OP(=O)(O)OP(=O)(O)OC[C@@H]1O[C@H](N2C=[N+](C)C3C(=O)NC(N)=NC32)C(O)[C@@H]1O. The van der Waals surface area contributed by atoms with Gasteiger partial charge in [-0.05, 0) is 0 Å². The molecule has 3 heterocycles. The molecule has 194 valence electrons. The standard InChI is InChI=1S/C12H22N5O14P3/c1-16-4-17(9-6(16)10(20)15-12(13)14-9)11-8(19)7(18)5(29-11)3-28-33(23,24)31-34(25,26)30-32(21,22)27-2/h4-9,11,18-19H,3H2,1-2H3,(H5-,13,14,15,20,21,22,23,24,25,26)/p+1/t5-,6?,7+,8?,9?,11-/m0/s1. The topological polar surface area (TPSA) is 272 Å². The van der Waals surface area contributed by atoms with Gasteiger partial charge in [0.15, 0.2) is 5.96 Å². The van der Waals surface area contributed by atoms with Crippen LogP contribution >= 0.6 is 23.5 Å². The van der Waals surface area contributed by atoms with Crippen LogP contribution < -0.4 is 11.1 Å². The van der Waals surface area contributed by atoms with Gasteiger partial charge in [-0.1, -0.05) is 0 Å². The fourth-order valence-corrected chi connectivity index (χ4v) is 6.65. The van der Waals surface area contributed by atoms with Crippen LogP contribution in [0.15, 0.2) is 4.99 Å². The number of aliphatic hydroxyl groups excluding tert-OH is 2. The fourth-order valence-electron chi connectivity index (χ4n) is 3.39. The van der Waals surface area contributed by atoms with Gasteiger partial charge in [0.2, 0.25) is 24.8 Å². The van der Waals surface area contributed by atoms with Crippen molar-refractivity contribution < 1.29 is 70.4 Å². The van der Waals surface area contributed by atoms with Gasteiger partial charge in [-0.2, -0.15) is 8.62 Å². The molecule has 22 heteroatoms. The smallest absolute Gasteiger partial charge is 0.387 e. The first-order chi connectivity index (χ1) is 15.6. The van der Waals surface area contributed by atoms with Gasteiger partial charge in [0.1, 0.15) is 18.3 Å². The first-order valence-electron chi connectivity index (χ1n) is 9.17. The minimum atomic E-state index is -5.62. The number of guanidine groups is 1. The van der Waals surface area contributed by atoms with E-state index in [9.17, 15) is 38.5 Å². The van der Waals surface area contributed by atoms with Crippen LogP contribution in [-0.2, 0) is 40.9 Å². The van der Waals surface area contributed by atoms with Gasteiger partial charge in [0, 0.05) is 7.11 Å². The van der Waals surface area contributed by atoms with Crippen molar-refractivity contribution in [2.45, 2.75) is 36.7 Å². The molecular formula is C12H23N5O14P3+. The average molecular weight is 554 g/mol. The van der Waals surface area contributed by atoms with Crippen molar-refractivity contribution in [3.63, 3.8) is 0 Å². The molecule has 1 fully saturated rings. The summed E-state index contributed by atoms with van der Waals surface area (Å²) in [7, 11) is -13.9. The van der Waals surface area contributed by atoms with Crippen molar-refractivity contribution in [1.29, 1.82) is 0 Å². The summed E-state index contributed by atoms with van der Waals surface area (Å²) >= 11 is 0. The Hall–Kier alpha value is -1.30. The first kappa shape index (κ1) is 27.3. The lowest BCUT2D eigenvalue weighted by molar-refractivity contribution is -0.513. The van der Waals surface area contributed by atoms with E-state index in [4.69, 9.17) is 15.4 Å². The predicted octanol–water partition coefficient (Wildman–Crippen LogP) is -3.44. The molecule has 6 unspecified atom stereocenters. The van der Waals surface area contributed by atoms with Gasteiger partial charge in [0.05, 0.1) is 13.7 Å². The average Bonchev–Trinajstić information content (AvgIpc) is 3.15. The molecule has 0 radical (unpaired) electrons. The molecule has 0 aromatic heterocycles. The number of hydrogen-bond acceptors (Lipinski definition) is 14. The summed E-state index contributed by atoms with van der Waals surface area (Å²) in [4.78, 5) is 45.6. The van der Waals surface area contributed by atoms with E-state index < -0.39 is 72.7 Å². The van der Waals surface area contributed by atoms with Crippen molar-refractivity contribution in [1.82, 2.24) is 10.2 Å². The Balaban J connectivity index is 1.66. The summed E-state index contributed by atoms with van der Waals surface area (Å²) in [6.07, 6.45) is -5.62. The van der Waals surface area contributed by atoms with E-state index >= 15 is 0 Å². The van der Waals surface area contributed by atoms with Gasteiger partial charge >= 0.3 is 23.5 Å². The maximum Gasteiger partial charge on any atom is 0.490 e. The molecule has 0 bridgehead atoms. The number of nitrogens with zero attached hydrogens (tertiary/aromatic N) is 3. The number of amides is 1. The maximum atomic E-state index is 12.2. The normalized spacial score (nSPS) is 36.6. The monoisotopic (exact) mass is 554 g/mol. The third-order valence-corrected chi connectivity index (χ3v) is 9.05. The molecule has 19 nitrogen and oxygen atoms in total.